The number of hydrogen-bond acceptors (Lipinski definition) is 5. The lowest BCUT2D eigenvalue weighted by Gasteiger charge is -2.33. The molecule has 7 heteroatoms. The Bertz CT molecular complexity index is 831. The first kappa shape index (κ1) is 17.5. The van der Waals surface area contributed by atoms with Crippen LogP contribution in [0.5, 0.6) is 0 Å². The minimum Gasteiger partial charge on any atom is -0.288 e. The van der Waals surface area contributed by atoms with Gasteiger partial charge in [0.1, 0.15) is 0 Å². The van der Waals surface area contributed by atoms with Gasteiger partial charge in [-0.15, -0.1) is 5.10 Å². The summed E-state index contributed by atoms with van der Waals surface area (Å²) >= 11 is 8.10. The molecule has 0 bridgehead atoms. The summed E-state index contributed by atoms with van der Waals surface area (Å²) in [7, 11) is 0. The van der Waals surface area contributed by atoms with Crippen molar-refractivity contribution < 1.29 is 0 Å². The standard InChI is InChI=1S/C19H20ClN5S/c20-17-8-6-16(7-9-17)18(24-10-12-26-13-11-24)19-21-22-23-25(19)14-15-4-2-1-3-5-15/h1-9,18H,10-14H2/t18-/m1/s1. The molecule has 5 nitrogen and oxygen atoms in total. The first-order valence-electron chi connectivity index (χ1n) is 8.68. The Morgan fingerprint density at radius 2 is 1.73 bits per heavy atom. The number of benzene rings is 2. The zero-order valence-corrected chi connectivity index (χ0v) is 15.9. The van der Waals surface area contributed by atoms with Gasteiger partial charge in [0, 0.05) is 29.6 Å². The highest BCUT2D eigenvalue weighted by atomic mass is 35.5. The van der Waals surface area contributed by atoms with Gasteiger partial charge in [-0.1, -0.05) is 54.1 Å². The van der Waals surface area contributed by atoms with Crippen molar-refractivity contribution in [1.82, 2.24) is 25.1 Å². The van der Waals surface area contributed by atoms with E-state index in [0.717, 1.165) is 35.4 Å². The van der Waals surface area contributed by atoms with Crippen LogP contribution in [0.1, 0.15) is 23.0 Å². The summed E-state index contributed by atoms with van der Waals surface area (Å²) < 4.78 is 1.91. The van der Waals surface area contributed by atoms with Crippen LogP contribution in [-0.2, 0) is 6.54 Å². The Kier molecular flexibility index (Phi) is 5.53. The Balaban J connectivity index is 1.70. The number of nitrogens with zero attached hydrogens (tertiary/aromatic N) is 5. The van der Waals surface area contributed by atoms with Crippen LogP contribution in [0.15, 0.2) is 54.6 Å². The highest BCUT2D eigenvalue weighted by Gasteiger charge is 2.29. The molecule has 1 aliphatic heterocycles. The summed E-state index contributed by atoms with van der Waals surface area (Å²) in [6.07, 6.45) is 0. The van der Waals surface area contributed by atoms with E-state index >= 15 is 0 Å². The average Bonchev–Trinajstić information content (AvgIpc) is 3.13. The lowest BCUT2D eigenvalue weighted by atomic mass is 10.0. The van der Waals surface area contributed by atoms with E-state index in [9.17, 15) is 0 Å². The van der Waals surface area contributed by atoms with E-state index in [1.165, 1.54) is 11.1 Å². The molecule has 4 rings (SSSR count). The molecule has 2 aromatic carbocycles. The summed E-state index contributed by atoms with van der Waals surface area (Å²) in [6, 6.07) is 18.4. The van der Waals surface area contributed by atoms with Crippen molar-refractivity contribution in [3.63, 3.8) is 0 Å². The van der Waals surface area contributed by atoms with E-state index in [1.54, 1.807) is 0 Å². The molecule has 134 valence electrons. The monoisotopic (exact) mass is 385 g/mol. The summed E-state index contributed by atoms with van der Waals surface area (Å²) in [5.41, 5.74) is 2.36. The van der Waals surface area contributed by atoms with Gasteiger partial charge in [-0.05, 0) is 33.7 Å². The minimum absolute atomic E-state index is 0.0341. The van der Waals surface area contributed by atoms with Crippen molar-refractivity contribution in [3.8, 4) is 0 Å². The summed E-state index contributed by atoms with van der Waals surface area (Å²) in [4.78, 5) is 2.47. The minimum atomic E-state index is 0.0341. The average molecular weight is 386 g/mol. The van der Waals surface area contributed by atoms with Gasteiger partial charge in [-0.3, -0.25) is 4.90 Å². The van der Waals surface area contributed by atoms with Crippen LogP contribution >= 0.6 is 23.4 Å². The largest absolute Gasteiger partial charge is 0.288 e. The second-order valence-corrected chi connectivity index (χ2v) is 7.94. The normalized spacial score (nSPS) is 16.5. The van der Waals surface area contributed by atoms with Crippen LogP contribution in [0, 0.1) is 0 Å². The van der Waals surface area contributed by atoms with Crippen LogP contribution in [0.2, 0.25) is 5.02 Å². The third-order valence-corrected chi connectivity index (χ3v) is 5.77. The maximum absolute atomic E-state index is 6.10. The van der Waals surface area contributed by atoms with Gasteiger partial charge >= 0.3 is 0 Å². The smallest absolute Gasteiger partial charge is 0.173 e. The topological polar surface area (TPSA) is 46.8 Å². The first-order valence-corrected chi connectivity index (χ1v) is 10.2. The predicted molar refractivity (Wildman–Crippen MR) is 106 cm³/mol. The quantitative estimate of drug-likeness (QED) is 0.672. The molecule has 0 radical (unpaired) electrons. The molecular formula is C19H20ClN5S. The van der Waals surface area contributed by atoms with Crippen molar-refractivity contribution in [2.45, 2.75) is 12.6 Å². The Morgan fingerprint density at radius 3 is 2.46 bits per heavy atom. The van der Waals surface area contributed by atoms with Crippen molar-refractivity contribution in [2.75, 3.05) is 24.6 Å². The number of thioether (sulfide) groups is 1. The van der Waals surface area contributed by atoms with Gasteiger partial charge in [0.15, 0.2) is 5.82 Å². The zero-order valence-electron chi connectivity index (χ0n) is 14.3. The molecule has 3 aromatic rings. The van der Waals surface area contributed by atoms with E-state index in [-0.39, 0.29) is 6.04 Å². The van der Waals surface area contributed by atoms with E-state index in [1.807, 2.05) is 46.8 Å². The molecule has 0 saturated carbocycles. The molecule has 2 heterocycles. The molecule has 0 unspecified atom stereocenters. The molecular weight excluding hydrogens is 366 g/mol. The van der Waals surface area contributed by atoms with Crippen LogP contribution in [-0.4, -0.2) is 49.7 Å². The number of tetrazole rings is 1. The molecule has 1 aromatic heterocycles. The number of aromatic nitrogens is 4. The molecule has 26 heavy (non-hydrogen) atoms. The third kappa shape index (κ3) is 3.92. The van der Waals surface area contributed by atoms with Crippen molar-refractivity contribution in [1.29, 1.82) is 0 Å². The van der Waals surface area contributed by atoms with Crippen molar-refractivity contribution in [3.05, 3.63) is 76.6 Å². The van der Waals surface area contributed by atoms with Crippen LogP contribution < -0.4 is 0 Å². The Hall–Kier alpha value is -1.89. The summed E-state index contributed by atoms with van der Waals surface area (Å²) in [5.74, 6) is 3.14. The molecule has 1 aliphatic rings. The maximum Gasteiger partial charge on any atom is 0.173 e. The van der Waals surface area contributed by atoms with E-state index in [4.69, 9.17) is 11.6 Å². The highest BCUT2D eigenvalue weighted by molar-refractivity contribution is 7.99. The second kappa shape index (κ2) is 8.20. The van der Waals surface area contributed by atoms with Gasteiger partial charge in [-0.25, -0.2) is 4.68 Å². The third-order valence-electron chi connectivity index (χ3n) is 4.58. The fraction of sp³-hybridized carbons (Fsp3) is 0.316. The Morgan fingerprint density at radius 1 is 1.00 bits per heavy atom. The zero-order chi connectivity index (χ0) is 17.8. The van der Waals surface area contributed by atoms with Crippen LogP contribution in [0.25, 0.3) is 0 Å². The molecule has 1 fully saturated rings. The molecule has 0 spiro atoms. The summed E-state index contributed by atoms with van der Waals surface area (Å²) in [5, 5.41) is 13.4. The van der Waals surface area contributed by atoms with Crippen molar-refractivity contribution in [2.24, 2.45) is 0 Å². The molecule has 0 amide bonds. The van der Waals surface area contributed by atoms with E-state index in [0.29, 0.717) is 6.54 Å². The van der Waals surface area contributed by atoms with E-state index in [2.05, 4.69) is 44.7 Å². The summed E-state index contributed by atoms with van der Waals surface area (Å²) in [6.45, 7) is 2.71. The molecule has 0 N–H and O–H groups in total. The van der Waals surface area contributed by atoms with Gasteiger partial charge in [0.25, 0.3) is 0 Å². The first-order chi connectivity index (χ1) is 12.8. The van der Waals surface area contributed by atoms with Crippen LogP contribution in [0.4, 0.5) is 0 Å². The Labute approximate surface area is 162 Å². The van der Waals surface area contributed by atoms with Gasteiger partial charge in [-0.2, -0.15) is 11.8 Å². The number of hydrogen-bond donors (Lipinski definition) is 0. The molecule has 1 atom stereocenters. The second-order valence-electron chi connectivity index (χ2n) is 6.28. The van der Waals surface area contributed by atoms with Gasteiger partial charge in [0.05, 0.1) is 12.6 Å². The van der Waals surface area contributed by atoms with Gasteiger partial charge < -0.3 is 0 Å². The number of rotatable bonds is 5. The number of halogens is 1. The fourth-order valence-electron chi connectivity index (χ4n) is 3.28. The SMILES string of the molecule is Clc1ccc([C@H](c2nnnn2Cc2ccccc2)N2CCSCC2)cc1. The fourth-order valence-corrected chi connectivity index (χ4v) is 4.34. The molecule has 0 aliphatic carbocycles. The van der Waals surface area contributed by atoms with Crippen LogP contribution in [0.3, 0.4) is 0 Å². The maximum atomic E-state index is 6.10. The van der Waals surface area contributed by atoms with E-state index < -0.39 is 0 Å². The lowest BCUT2D eigenvalue weighted by Crippen LogP contribution is -2.38. The lowest BCUT2D eigenvalue weighted by molar-refractivity contribution is 0.235. The molecule has 1 saturated heterocycles. The predicted octanol–water partition coefficient (Wildman–Crippen LogP) is 3.51. The van der Waals surface area contributed by atoms with Gasteiger partial charge in [0.2, 0.25) is 0 Å². The highest BCUT2D eigenvalue weighted by Crippen LogP contribution is 2.30. The van der Waals surface area contributed by atoms with Crippen molar-refractivity contribution >= 4 is 23.4 Å².